The number of aromatic nitrogens is 5. The molecule has 3 aliphatic rings. The number of nitrogens with one attached hydrogen (secondary N) is 2. The summed E-state index contributed by atoms with van der Waals surface area (Å²) in [7, 11) is 0. The zero-order valence-electron chi connectivity index (χ0n) is 25.0. The average Bonchev–Trinajstić information content (AvgIpc) is 3.61. The molecule has 3 saturated heterocycles. The number of alkyl halides is 1. The molecule has 2 aromatic heterocycles. The minimum absolute atomic E-state index is 0.112. The number of H-pyrrole nitrogens is 1. The molecule has 2 aromatic carbocycles. The van der Waals surface area contributed by atoms with Gasteiger partial charge >= 0.3 is 0 Å². The molecule has 5 heterocycles. The quantitative estimate of drug-likeness (QED) is 0.298. The second kappa shape index (κ2) is 13.1. The number of halogens is 1. The predicted molar refractivity (Wildman–Crippen MR) is 167 cm³/mol. The van der Waals surface area contributed by atoms with E-state index in [9.17, 15) is 10.1 Å². The molecule has 13 nitrogen and oxygen atoms in total. The van der Waals surface area contributed by atoms with E-state index in [1.54, 1.807) is 24.3 Å². The topological polar surface area (TPSA) is 148 Å². The first kappa shape index (κ1) is 29.6. The minimum Gasteiger partial charge on any atom is -0.486 e. The van der Waals surface area contributed by atoms with E-state index >= 15 is 4.39 Å². The van der Waals surface area contributed by atoms with Crippen LogP contribution >= 0.6 is 0 Å². The lowest BCUT2D eigenvalue weighted by Crippen LogP contribution is -2.56. The molecule has 0 spiro atoms. The third kappa shape index (κ3) is 6.33. The molecule has 2 atom stereocenters. The van der Waals surface area contributed by atoms with Gasteiger partial charge in [-0.1, -0.05) is 0 Å². The smallest absolute Gasteiger partial charge is 0.271 e. The maximum absolute atomic E-state index is 15.1. The van der Waals surface area contributed by atoms with Gasteiger partial charge in [0.15, 0.2) is 12.0 Å². The SMILES string of the molecule is N#Cc1cc(-c2ncnc(Nc3ccc(N4CCN(C5COC5)CC4)cc3)n2)ccc1OC1CCN(C(=O)c2ccn[nH]2)CC1F. The number of ether oxygens (including phenoxy) is 2. The number of piperidine rings is 1. The molecule has 2 unspecified atom stereocenters. The fraction of sp³-hybridized carbons (Fsp3) is 0.375. The van der Waals surface area contributed by atoms with Crippen LogP contribution in [0.2, 0.25) is 0 Å². The van der Waals surface area contributed by atoms with Crippen LogP contribution in [0.1, 0.15) is 22.5 Å². The van der Waals surface area contributed by atoms with Gasteiger partial charge in [-0.2, -0.15) is 15.3 Å². The normalized spacial score (nSPS) is 20.5. The number of amides is 1. The van der Waals surface area contributed by atoms with E-state index in [0.29, 0.717) is 35.6 Å². The second-order valence-electron chi connectivity index (χ2n) is 11.5. The van der Waals surface area contributed by atoms with E-state index in [1.807, 2.05) is 12.1 Å². The number of hydrogen-bond acceptors (Lipinski definition) is 11. The van der Waals surface area contributed by atoms with Gasteiger partial charge in [0.05, 0.1) is 31.4 Å². The first-order valence-corrected chi connectivity index (χ1v) is 15.3. The number of likely N-dealkylation sites (tertiary alicyclic amines) is 1. The summed E-state index contributed by atoms with van der Waals surface area (Å²) < 4.78 is 26.4. The van der Waals surface area contributed by atoms with Gasteiger partial charge in [0, 0.05) is 62.3 Å². The summed E-state index contributed by atoms with van der Waals surface area (Å²) >= 11 is 0. The maximum atomic E-state index is 15.1. The first-order chi connectivity index (χ1) is 22.5. The Labute approximate surface area is 265 Å². The van der Waals surface area contributed by atoms with Crippen molar-refractivity contribution >= 4 is 23.2 Å². The van der Waals surface area contributed by atoms with Crippen molar-refractivity contribution in [2.45, 2.75) is 24.7 Å². The van der Waals surface area contributed by atoms with Crippen LogP contribution in [-0.2, 0) is 4.74 Å². The number of piperazine rings is 1. The maximum Gasteiger partial charge on any atom is 0.271 e. The summed E-state index contributed by atoms with van der Waals surface area (Å²) in [6.07, 6.45) is 0.954. The fourth-order valence-electron chi connectivity index (χ4n) is 5.93. The van der Waals surface area contributed by atoms with E-state index < -0.39 is 12.3 Å². The Hall–Kier alpha value is -5.13. The second-order valence-corrected chi connectivity index (χ2v) is 11.5. The molecule has 14 heteroatoms. The molecule has 4 aromatic rings. The Morgan fingerprint density at radius 1 is 1.07 bits per heavy atom. The van der Waals surface area contributed by atoms with Crippen molar-refractivity contribution in [1.29, 1.82) is 5.26 Å². The summed E-state index contributed by atoms with van der Waals surface area (Å²) in [5.41, 5.74) is 3.14. The lowest BCUT2D eigenvalue weighted by molar-refractivity contribution is -0.0660. The largest absolute Gasteiger partial charge is 0.486 e. The lowest BCUT2D eigenvalue weighted by Gasteiger charge is -2.43. The molecule has 236 valence electrons. The molecule has 0 saturated carbocycles. The average molecular weight is 625 g/mol. The molecule has 0 radical (unpaired) electrons. The molecule has 0 aliphatic carbocycles. The highest BCUT2D eigenvalue weighted by atomic mass is 19.1. The van der Waals surface area contributed by atoms with Gasteiger partial charge in [-0.3, -0.25) is 14.8 Å². The van der Waals surface area contributed by atoms with Gasteiger partial charge in [-0.05, 0) is 48.5 Å². The number of hydrogen-bond donors (Lipinski definition) is 2. The molecule has 3 aliphatic heterocycles. The van der Waals surface area contributed by atoms with Gasteiger partial charge in [0.1, 0.15) is 29.9 Å². The van der Waals surface area contributed by atoms with Crippen LogP contribution in [0, 0.1) is 11.3 Å². The van der Waals surface area contributed by atoms with E-state index in [1.165, 1.54) is 23.1 Å². The zero-order chi connectivity index (χ0) is 31.5. The molecular weight excluding hydrogens is 591 g/mol. The van der Waals surface area contributed by atoms with Gasteiger partial charge in [0.2, 0.25) is 5.95 Å². The number of anilines is 3. The monoisotopic (exact) mass is 624 g/mol. The Morgan fingerprint density at radius 2 is 1.89 bits per heavy atom. The van der Waals surface area contributed by atoms with Crippen molar-refractivity contribution in [2.75, 3.05) is 62.7 Å². The highest BCUT2D eigenvalue weighted by Gasteiger charge is 2.34. The van der Waals surface area contributed by atoms with Crippen molar-refractivity contribution in [3.05, 3.63) is 72.3 Å². The number of aromatic amines is 1. The number of nitriles is 1. The number of benzene rings is 2. The van der Waals surface area contributed by atoms with Gasteiger partial charge < -0.3 is 24.6 Å². The molecule has 1 amide bonds. The van der Waals surface area contributed by atoms with E-state index in [4.69, 9.17) is 9.47 Å². The zero-order valence-corrected chi connectivity index (χ0v) is 25.0. The van der Waals surface area contributed by atoms with Crippen molar-refractivity contribution in [2.24, 2.45) is 0 Å². The van der Waals surface area contributed by atoms with Gasteiger partial charge in [-0.15, -0.1) is 0 Å². The van der Waals surface area contributed by atoms with E-state index in [0.717, 1.165) is 45.1 Å². The van der Waals surface area contributed by atoms with Crippen molar-refractivity contribution in [3.63, 3.8) is 0 Å². The third-order valence-electron chi connectivity index (χ3n) is 8.65. The Bertz CT molecular complexity index is 1700. The Kier molecular flexibility index (Phi) is 8.41. The van der Waals surface area contributed by atoms with Gasteiger partial charge in [0.25, 0.3) is 5.91 Å². The molecular formula is C32H33FN10O3. The first-order valence-electron chi connectivity index (χ1n) is 15.3. The number of rotatable bonds is 8. The molecule has 0 bridgehead atoms. The molecule has 7 rings (SSSR count). The standard InChI is InChI=1S/C32H33FN10O3/c33-26-17-43(31(44)27-7-9-37-40-27)10-8-29(26)46-28-6-1-21(15-22(28)16-34)30-35-20-36-32(39-30)38-23-2-4-24(5-3-23)41-11-13-42(14-12-41)25-18-45-19-25/h1-7,9,15,20,25-26,29H,8,10-14,17-19H2,(H,37,40)(H,35,36,38,39). The summed E-state index contributed by atoms with van der Waals surface area (Å²) in [5.74, 6) is 0.692. The van der Waals surface area contributed by atoms with E-state index in [2.05, 4.69) is 58.5 Å². The fourth-order valence-corrected chi connectivity index (χ4v) is 5.93. The van der Waals surface area contributed by atoms with Crippen LogP contribution in [0.4, 0.5) is 21.7 Å². The van der Waals surface area contributed by atoms with Crippen molar-refractivity contribution in [1.82, 2.24) is 34.9 Å². The summed E-state index contributed by atoms with van der Waals surface area (Å²) in [6.45, 7) is 5.93. The molecule has 3 fully saturated rings. The van der Waals surface area contributed by atoms with Crippen LogP contribution in [0.5, 0.6) is 5.75 Å². The minimum atomic E-state index is -1.42. The summed E-state index contributed by atoms with van der Waals surface area (Å²) in [5, 5.41) is 19.5. The highest BCUT2D eigenvalue weighted by molar-refractivity contribution is 5.92. The van der Waals surface area contributed by atoms with E-state index in [-0.39, 0.29) is 30.2 Å². The number of carbonyl (C=O) groups is 1. The third-order valence-corrected chi connectivity index (χ3v) is 8.65. The summed E-state index contributed by atoms with van der Waals surface area (Å²) in [4.78, 5) is 32.0. The Morgan fingerprint density at radius 3 is 2.59 bits per heavy atom. The van der Waals surface area contributed by atoms with Gasteiger partial charge in [-0.25, -0.2) is 14.4 Å². The van der Waals surface area contributed by atoms with Crippen LogP contribution in [0.3, 0.4) is 0 Å². The van der Waals surface area contributed by atoms with Crippen LogP contribution < -0.4 is 15.0 Å². The molecule has 46 heavy (non-hydrogen) atoms. The number of nitrogens with zero attached hydrogens (tertiary/aromatic N) is 8. The van der Waals surface area contributed by atoms with Crippen molar-refractivity contribution in [3.8, 4) is 23.2 Å². The highest BCUT2D eigenvalue weighted by Crippen LogP contribution is 2.29. The lowest BCUT2D eigenvalue weighted by atomic mass is 10.0. The van der Waals surface area contributed by atoms with Crippen molar-refractivity contribution < 1.29 is 18.7 Å². The number of carbonyl (C=O) groups excluding carboxylic acids is 1. The predicted octanol–water partition coefficient (Wildman–Crippen LogP) is 3.03. The van der Waals surface area contributed by atoms with Crippen LogP contribution in [0.25, 0.3) is 11.4 Å². The Balaban J connectivity index is 0.968. The summed E-state index contributed by atoms with van der Waals surface area (Å²) in [6, 6.07) is 17.4. The van der Waals surface area contributed by atoms with Crippen LogP contribution in [0.15, 0.2) is 61.1 Å². The molecule has 2 N–H and O–H groups in total. The van der Waals surface area contributed by atoms with Crippen LogP contribution in [-0.4, -0.2) is 112 Å².